The monoisotopic (exact) mass is 460 g/mol. The van der Waals surface area contributed by atoms with E-state index >= 15 is 0 Å². The summed E-state index contributed by atoms with van der Waals surface area (Å²) in [6.07, 6.45) is 10.7. The Balaban J connectivity index is 1.16. The zero-order chi connectivity index (χ0) is 22.5. The summed E-state index contributed by atoms with van der Waals surface area (Å²) >= 11 is 6.09. The highest BCUT2D eigenvalue weighted by Crippen LogP contribution is 2.39. The average Bonchev–Trinajstić information content (AvgIpc) is 3.31. The topological polar surface area (TPSA) is 94.4 Å². The lowest BCUT2D eigenvalue weighted by molar-refractivity contribution is 0.0940. The quantitative estimate of drug-likeness (QED) is 0.420. The van der Waals surface area contributed by atoms with E-state index < -0.39 is 0 Å². The Morgan fingerprint density at radius 1 is 1.18 bits per heavy atom. The number of aromatic nitrogens is 7. The van der Waals surface area contributed by atoms with Crippen molar-refractivity contribution in [1.82, 2.24) is 38.9 Å². The van der Waals surface area contributed by atoms with Gasteiger partial charge in [-0.05, 0) is 42.5 Å². The summed E-state index contributed by atoms with van der Waals surface area (Å²) < 4.78 is 5.54. The van der Waals surface area contributed by atoms with E-state index in [1.54, 1.807) is 24.1 Å². The van der Waals surface area contributed by atoms with E-state index in [-0.39, 0.29) is 18.3 Å². The molecule has 0 spiro atoms. The maximum Gasteiger partial charge on any atom is 0.291 e. The van der Waals surface area contributed by atoms with E-state index in [2.05, 4.69) is 43.1 Å². The molecule has 6 rings (SSSR count). The molecule has 10 heteroatoms. The largest absolute Gasteiger partial charge is 0.344 e. The van der Waals surface area contributed by atoms with Gasteiger partial charge in [0.25, 0.3) is 5.91 Å². The summed E-state index contributed by atoms with van der Waals surface area (Å²) in [5.74, 6) is 1.13. The van der Waals surface area contributed by atoms with Crippen LogP contribution in [0.1, 0.15) is 52.2 Å². The molecule has 33 heavy (non-hydrogen) atoms. The van der Waals surface area contributed by atoms with E-state index in [1.165, 1.54) is 18.4 Å². The van der Waals surface area contributed by atoms with Crippen LogP contribution >= 0.6 is 11.6 Å². The van der Waals surface area contributed by atoms with E-state index in [9.17, 15) is 4.79 Å². The van der Waals surface area contributed by atoms with E-state index in [0.717, 1.165) is 22.6 Å². The Morgan fingerprint density at radius 2 is 2.06 bits per heavy atom. The van der Waals surface area contributed by atoms with Crippen LogP contribution in [0.25, 0.3) is 11.2 Å². The molecule has 1 N–H and O–H groups in total. The molecule has 0 aliphatic heterocycles. The molecule has 0 saturated heterocycles. The van der Waals surface area contributed by atoms with Gasteiger partial charge in [0.1, 0.15) is 11.5 Å². The van der Waals surface area contributed by atoms with Gasteiger partial charge in [-0.25, -0.2) is 15.0 Å². The summed E-state index contributed by atoms with van der Waals surface area (Å²) in [5, 5.41) is 7.75. The Hall–Kier alpha value is -3.72. The Bertz CT molecular complexity index is 1510. The number of halogens is 1. The molecule has 5 aromatic rings. The first-order chi connectivity index (χ1) is 16.0. The van der Waals surface area contributed by atoms with Crippen LogP contribution in [0.15, 0.2) is 49.2 Å². The minimum Gasteiger partial charge on any atom is -0.344 e. The molecule has 1 aliphatic carbocycles. The summed E-state index contributed by atoms with van der Waals surface area (Å²) in [7, 11) is 1.78. The normalized spacial score (nSPS) is 13.8. The van der Waals surface area contributed by atoms with Crippen molar-refractivity contribution in [1.29, 1.82) is 0 Å². The lowest BCUT2D eigenvalue weighted by Gasteiger charge is -2.01. The van der Waals surface area contributed by atoms with Gasteiger partial charge in [0.15, 0.2) is 0 Å². The Labute approximate surface area is 194 Å². The molecule has 1 aliphatic rings. The van der Waals surface area contributed by atoms with Crippen LogP contribution in [0.4, 0.5) is 0 Å². The van der Waals surface area contributed by atoms with Crippen molar-refractivity contribution in [2.75, 3.05) is 0 Å². The van der Waals surface area contributed by atoms with Crippen molar-refractivity contribution in [2.24, 2.45) is 7.05 Å². The minimum atomic E-state index is -0.357. The molecular formula is C23H21ClN8O. The second kappa shape index (κ2) is 7.70. The molecule has 1 amide bonds. The molecular weight excluding hydrogens is 440 g/mol. The smallest absolute Gasteiger partial charge is 0.291 e. The molecule has 5 heterocycles. The molecule has 5 aromatic heterocycles. The molecule has 0 unspecified atom stereocenters. The molecule has 0 aromatic carbocycles. The van der Waals surface area contributed by atoms with E-state index in [1.807, 2.05) is 22.9 Å². The number of aryl methyl sites for hydroxylation is 1. The van der Waals surface area contributed by atoms with Gasteiger partial charge < -0.3 is 14.1 Å². The number of rotatable bonds is 6. The maximum absolute atomic E-state index is 12.7. The summed E-state index contributed by atoms with van der Waals surface area (Å²) in [6.45, 7) is 0.249. The Kier molecular flexibility index (Phi) is 4.65. The molecule has 0 bridgehead atoms. The highest BCUT2D eigenvalue weighted by atomic mass is 35.5. The van der Waals surface area contributed by atoms with Crippen LogP contribution in [0.3, 0.4) is 0 Å². The van der Waals surface area contributed by atoms with Gasteiger partial charge in [-0.3, -0.25) is 9.48 Å². The van der Waals surface area contributed by atoms with Gasteiger partial charge in [0.2, 0.25) is 5.82 Å². The second-order valence-corrected chi connectivity index (χ2v) is 8.83. The number of nitrogens with zero attached hydrogens (tertiary/aromatic N) is 7. The number of carbonyl (C=O) groups excluding carboxylic acids is 1. The van der Waals surface area contributed by atoms with Crippen LogP contribution < -0.4 is 5.32 Å². The molecule has 166 valence electrons. The number of carbonyl (C=O) groups is 1. The fraction of sp³-hybridized carbons (Fsp3) is 0.261. The van der Waals surface area contributed by atoms with Crippen LogP contribution in [-0.2, 0) is 20.0 Å². The zero-order valence-corrected chi connectivity index (χ0v) is 18.7. The first kappa shape index (κ1) is 19.9. The third kappa shape index (κ3) is 3.84. The third-order valence-electron chi connectivity index (χ3n) is 5.97. The number of fused-ring (bicyclic) bond motifs is 2. The minimum absolute atomic E-state index is 0.119. The molecule has 1 fully saturated rings. The Morgan fingerprint density at radius 3 is 2.91 bits per heavy atom. The van der Waals surface area contributed by atoms with Crippen molar-refractivity contribution in [3.8, 4) is 0 Å². The second-order valence-electron chi connectivity index (χ2n) is 8.40. The summed E-state index contributed by atoms with van der Waals surface area (Å²) in [6, 6.07) is 7.81. The van der Waals surface area contributed by atoms with Crippen molar-refractivity contribution in [2.45, 2.75) is 31.7 Å². The van der Waals surface area contributed by atoms with Gasteiger partial charge in [0, 0.05) is 30.7 Å². The lowest BCUT2D eigenvalue weighted by Crippen LogP contribution is -2.24. The van der Waals surface area contributed by atoms with Crippen molar-refractivity contribution >= 4 is 28.7 Å². The van der Waals surface area contributed by atoms with Crippen molar-refractivity contribution in [3.63, 3.8) is 0 Å². The standard InChI is InChI=1S/C23H21ClN8O/c1-30-21(9-17-12-32-11-15(14-2-3-14)4-5-20(32)27-17)28-22(29-30)23(33)25-10-18-19-8-16(24)6-7-31(19)13-26-18/h4-8,11-14H,2-3,9-10H2,1H3,(H,25,33). The first-order valence-corrected chi connectivity index (χ1v) is 11.2. The molecule has 0 radical (unpaired) electrons. The van der Waals surface area contributed by atoms with Gasteiger partial charge >= 0.3 is 0 Å². The van der Waals surface area contributed by atoms with Crippen molar-refractivity contribution in [3.05, 3.63) is 82.8 Å². The lowest BCUT2D eigenvalue weighted by atomic mass is 10.2. The fourth-order valence-electron chi connectivity index (χ4n) is 4.03. The number of hydrogen-bond donors (Lipinski definition) is 1. The molecule has 0 atom stereocenters. The highest BCUT2D eigenvalue weighted by molar-refractivity contribution is 6.30. The number of nitrogens with one attached hydrogen (secondary N) is 1. The molecule has 1 saturated carbocycles. The van der Waals surface area contributed by atoms with Crippen LogP contribution in [-0.4, -0.2) is 39.4 Å². The van der Waals surface area contributed by atoms with E-state index in [4.69, 9.17) is 16.6 Å². The van der Waals surface area contributed by atoms with Crippen LogP contribution in [0.5, 0.6) is 0 Å². The van der Waals surface area contributed by atoms with Gasteiger partial charge in [-0.2, -0.15) is 0 Å². The molecule has 9 nitrogen and oxygen atoms in total. The van der Waals surface area contributed by atoms with E-state index in [0.29, 0.717) is 23.2 Å². The maximum atomic E-state index is 12.7. The average molecular weight is 461 g/mol. The van der Waals surface area contributed by atoms with Crippen LogP contribution in [0, 0.1) is 0 Å². The van der Waals surface area contributed by atoms with Gasteiger partial charge in [-0.15, -0.1) is 5.10 Å². The predicted octanol–water partition coefficient (Wildman–Crippen LogP) is 3.16. The first-order valence-electron chi connectivity index (χ1n) is 10.8. The summed E-state index contributed by atoms with van der Waals surface area (Å²) in [4.78, 5) is 26.2. The number of pyridine rings is 2. The fourth-order valence-corrected chi connectivity index (χ4v) is 4.19. The van der Waals surface area contributed by atoms with Crippen LogP contribution in [0.2, 0.25) is 5.02 Å². The predicted molar refractivity (Wildman–Crippen MR) is 122 cm³/mol. The zero-order valence-electron chi connectivity index (χ0n) is 17.9. The van der Waals surface area contributed by atoms with Gasteiger partial charge in [0.05, 0.1) is 36.2 Å². The summed E-state index contributed by atoms with van der Waals surface area (Å²) in [5.41, 5.74) is 4.71. The van der Waals surface area contributed by atoms with Crippen molar-refractivity contribution < 1.29 is 4.79 Å². The van der Waals surface area contributed by atoms with Gasteiger partial charge in [-0.1, -0.05) is 17.7 Å². The third-order valence-corrected chi connectivity index (χ3v) is 6.20. The highest BCUT2D eigenvalue weighted by Gasteiger charge is 2.24. The number of hydrogen-bond acceptors (Lipinski definition) is 5. The SMILES string of the molecule is Cn1nc(C(=O)NCc2ncn3ccc(Cl)cc23)nc1Cc1cn2cc(C3CC3)ccc2n1. The number of amides is 1. The number of imidazole rings is 2.